The summed E-state index contributed by atoms with van der Waals surface area (Å²) < 4.78 is 6.13. The molecule has 18 heavy (non-hydrogen) atoms. The maximum absolute atomic E-state index is 11.3. The first-order valence-corrected chi connectivity index (χ1v) is 5.19. The highest BCUT2D eigenvalue weighted by molar-refractivity contribution is 5.87. The number of carbonyl (C=O) groups is 2. The highest BCUT2D eigenvalue weighted by Gasteiger charge is 2.09. The standard InChI is InChI=1S/C12H11N3O3/c1-18-12(17)11-6-7-15(14-11)10-4-2-9(3-5-10)13-8-16/h2-8H,1H3,(H,13,16). The van der Waals surface area contributed by atoms with E-state index < -0.39 is 5.97 Å². The number of nitrogens with one attached hydrogen (secondary N) is 1. The van der Waals surface area contributed by atoms with E-state index in [1.165, 1.54) is 7.11 Å². The molecule has 0 atom stereocenters. The SMILES string of the molecule is COC(=O)c1ccn(-c2ccc(NC=O)cc2)n1. The molecule has 0 fully saturated rings. The number of hydrogen-bond donors (Lipinski definition) is 1. The number of ether oxygens (including phenoxy) is 1. The van der Waals surface area contributed by atoms with Gasteiger partial charge in [-0.15, -0.1) is 0 Å². The Hall–Kier alpha value is -2.63. The Balaban J connectivity index is 2.23. The van der Waals surface area contributed by atoms with Crippen molar-refractivity contribution in [2.75, 3.05) is 12.4 Å². The summed E-state index contributed by atoms with van der Waals surface area (Å²) in [6.07, 6.45) is 2.27. The summed E-state index contributed by atoms with van der Waals surface area (Å²) in [5.41, 5.74) is 1.71. The topological polar surface area (TPSA) is 73.2 Å². The van der Waals surface area contributed by atoms with Crippen molar-refractivity contribution in [3.05, 3.63) is 42.2 Å². The second-order valence-electron chi connectivity index (χ2n) is 3.45. The van der Waals surface area contributed by atoms with E-state index in [4.69, 9.17) is 0 Å². The molecule has 0 saturated heterocycles. The minimum Gasteiger partial charge on any atom is -0.464 e. The lowest BCUT2D eigenvalue weighted by atomic mass is 10.3. The monoisotopic (exact) mass is 245 g/mol. The van der Waals surface area contributed by atoms with Gasteiger partial charge in [-0.05, 0) is 30.3 Å². The van der Waals surface area contributed by atoms with E-state index >= 15 is 0 Å². The predicted octanol–water partition coefficient (Wildman–Crippen LogP) is 1.23. The average Bonchev–Trinajstić information content (AvgIpc) is 2.89. The molecule has 0 aliphatic heterocycles. The zero-order valence-electron chi connectivity index (χ0n) is 9.66. The number of anilines is 1. The fraction of sp³-hybridized carbons (Fsp3) is 0.0833. The maximum atomic E-state index is 11.3. The second kappa shape index (κ2) is 5.13. The first-order valence-electron chi connectivity index (χ1n) is 5.19. The van der Waals surface area contributed by atoms with E-state index in [1.54, 1.807) is 41.2 Å². The van der Waals surface area contributed by atoms with Crippen molar-refractivity contribution in [3.63, 3.8) is 0 Å². The molecule has 1 amide bonds. The number of aromatic nitrogens is 2. The molecule has 1 aromatic heterocycles. The molecule has 0 bridgehead atoms. The van der Waals surface area contributed by atoms with Crippen molar-refractivity contribution in [2.24, 2.45) is 0 Å². The summed E-state index contributed by atoms with van der Waals surface area (Å²) >= 11 is 0. The molecule has 6 nitrogen and oxygen atoms in total. The summed E-state index contributed by atoms with van der Waals surface area (Å²) in [5.74, 6) is -0.479. The van der Waals surface area contributed by atoms with Gasteiger partial charge < -0.3 is 10.1 Å². The quantitative estimate of drug-likeness (QED) is 0.649. The molecule has 2 rings (SSSR count). The van der Waals surface area contributed by atoms with Crippen molar-refractivity contribution in [1.82, 2.24) is 9.78 Å². The van der Waals surface area contributed by atoms with Gasteiger partial charge in [-0.1, -0.05) is 0 Å². The lowest BCUT2D eigenvalue weighted by Crippen LogP contribution is -2.04. The predicted molar refractivity (Wildman–Crippen MR) is 64.6 cm³/mol. The molecule has 2 aromatic rings. The molecule has 0 unspecified atom stereocenters. The minimum atomic E-state index is -0.479. The van der Waals surface area contributed by atoms with Crippen molar-refractivity contribution < 1.29 is 14.3 Å². The first kappa shape index (κ1) is 11.8. The van der Waals surface area contributed by atoms with Gasteiger partial charge in [-0.3, -0.25) is 4.79 Å². The van der Waals surface area contributed by atoms with Crippen LogP contribution in [-0.2, 0) is 9.53 Å². The molecule has 6 heteroatoms. The Morgan fingerprint density at radius 2 is 2.06 bits per heavy atom. The van der Waals surface area contributed by atoms with Crippen LogP contribution in [0.25, 0.3) is 5.69 Å². The number of benzene rings is 1. The number of hydrogen-bond acceptors (Lipinski definition) is 4. The Morgan fingerprint density at radius 1 is 1.33 bits per heavy atom. The van der Waals surface area contributed by atoms with Crippen LogP contribution in [0.2, 0.25) is 0 Å². The van der Waals surface area contributed by atoms with Crippen LogP contribution in [0.4, 0.5) is 5.69 Å². The Labute approximate surface area is 103 Å². The highest BCUT2D eigenvalue weighted by atomic mass is 16.5. The largest absolute Gasteiger partial charge is 0.464 e. The second-order valence-corrected chi connectivity index (χ2v) is 3.45. The van der Waals surface area contributed by atoms with E-state index in [2.05, 4.69) is 15.2 Å². The molecule has 0 aliphatic rings. The number of nitrogens with zero attached hydrogens (tertiary/aromatic N) is 2. The van der Waals surface area contributed by atoms with Gasteiger partial charge in [-0.25, -0.2) is 9.48 Å². The third-order valence-electron chi connectivity index (χ3n) is 2.34. The summed E-state index contributed by atoms with van der Waals surface area (Å²) in [6, 6.07) is 8.61. The van der Waals surface area contributed by atoms with Crippen LogP contribution in [0.15, 0.2) is 36.5 Å². The summed E-state index contributed by atoms with van der Waals surface area (Å²) in [4.78, 5) is 21.5. The number of esters is 1. The van der Waals surface area contributed by atoms with Gasteiger partial charge in [0.2, 0.25) is 6.41 Å². The lowest BCUT2D eigenvalue weighted by Gasteiger charge is -2.03. The van der Waals surface area contributed by atoms with Crippen LogP contribution >= 0.6 is 0 Å². The molecule has 1 heterocycles. The van der Waals surface area contributed by atoms with E-state index in [1.807, 2.05) is 0 Å². The third kappa shape index (κ3) is 2.37. The van der Waals surface area contributed by atoms with E-state index in [0.717, 1.165) is 5.69 Å². The summed E-state index contributed by atoms with van der Waals surface area (Å²) in [7, 11) is 1.31. The molecule has 0 aliphatic carbocycles. The fourth-order valence-corrected chi connectivity index (χ4v) is 1.46. The molecule has 0 radical (unpaired) electrons. The highest BCUT2D eigenvalue weighted by Crippen LogP contribution is 2.12. The van der Waals surface area contributed by atoms with Crippen molar-refractivity contribution >= 4 is 18.1 Å². The molecule has 92 valence electrons. The normalized spacial score (nSPS) is 9.83. The number of methoxy groups -OCH3 is 1. The minimum absolute atomic E-state index is 0.243. The van der Waals surface area contributed by atoms with Crippen LogP contribution < -0.4 is 5.32 Å². The van der Waals surface area contributed by atoms with Gasteiger partial charge in [0.25, 0.3) is 0 Å². The molecular weight excluding hydrogens is 234 g/mol. The first-order chi connectivity index (χ1) is 8.74. The number of amides is 1. The summed E-state index contributed by atoms with van der Waals surface area (Å²) in [5, 5.41) is 6.61. The molecular formula is C12H11N3O3. The zero-order valence-corrected chi connectivity index (χ0v) is 9.66. The van der Waals surface area contributed by atoms with Crippen molar-refractivity contribution in [2.45, 2.75) is 0 Å². The molecule has 0 spiro atoms. The molecule has 1 aromatic carbocycles. The molecule has 1 N–H and O–H groups in total. The van der Waals surface area contributed by atoms with Crippen LogP contribution in [0, 0.1) is 0 Å². The van der Waals surface area contributed by atoms with Crippen molar-refractivity contribution in [1.29, 1.82) is 0 Å². The maximum Gasteiger partial charge on any atom is 0.358 e. The number of rotatable bonds is 4. The van der Waals surface area contributed by atoms with Crippen LogP contribution in [-0.4, -0.2) is 29.3 Å². The van der Waals surface area contributed by atoms with Crippen LogP contribution in [0.1, 0.15) is 10.5 Å². The third-order valence-corrected chi connectivity index (χ3v) is 2.34. The van der Waals surface area contributed by atoms with Gasteiger partial charge in [0.05, 0.1) is 12.8 Å². The lowest BCUT2D eigenvalue weighted by molar-refractivity contribution is -0.105. The van der Waals surface area contributed by atoms with Gasteiger partial charge in [0.15, 0.2) is 5.69 Å². The Bertz CT molecular complexity index is 560. The van der Waals surface area contributed by atoms with Crippen LogP contribution in [0.5, 0.6) is 0 Å². The average molecular weight is 245 g/mol. The van der Waals surface area contributed by atoms with Gasteiger partial charge in [0, 0.05) is 11.9 Å². The van der Waals surface area contributed by atoms with Gasteiger partial charge in [0.1, 0.15) is 0 Å². The van der Waals surface area contributed by atoms with Crippen LogP contribution in [0.3, 0.4) is 0 Å². The van der Waals surface area contributed by atoms with Gasteiger partial charge in [-0.2, -0.15) is 5.10 Å². The van der Waals surface area contributed by atoms with E-state index in [9.17, 15) is 9.59 Å². The Morgan fingerprint density at radius 3 is 2.67 bits per heavy atom. The summed E-state index contributed by atoms with van der Waals surface area (Å²) in [6.45, 7) is 0. The number of carbonyl (C=O) groups excluding carboxylic acids is 2. The van der Waals surface area contributed by atoms with Gasteiger partial charge >= 0.3 is 5.97 Å². The molecule has 0 saturated carbocycles. The Kier molecular flexibility index (Phi) is 3.38. The fourth-order valence-electron chi connectivity index (χ4n) is 1.46. The van der Waals surface area contributed by atoms with E-state index in [-0.39, 0.29) is 5.69 Å². The van der Waals surface area contributed by atoms with Crippen molar-refractivity contribution in [3.8, 4) is 5.69 Å². The van der Waals surface area contributed by atoms with E-state index in [0.29, 0.717) is 12.1 Å². The smallest absolute Gasteiger partial charge is 0.358 e. The zero-order chi connectivity index (χ0) is 13.0.